The molecule has 2 aromatic rings. The second-order valence-corrected chi connectivity index (χ2v) is 9.95. The molecule has 2 aliphatic heterocycles. The first-order valence-electron chi connectivity index (χ1n) is 10.3. The van der Waals surface area contributed by atoms with E-state index in [2.05, 4.69) is 5.48 Å². The van der Waals surface area contributed by atoms with Gasteiger partial charge in [-0.05, 0) is 43.7 Å². The van der Waals surface area contributed by atoms with Crippen molar-refractivity contribution in [3.05, 3.63) is 82.5 Å². The Morgan fingerprint density at radius 1 is 1.00 bits per heavy atom. The molecule has 6 nitrogen and oxygen atoms in total. The average Bonchev–Trinajstić information content (AvgIpc) is 3.13. The quantitative estimate of drug-likeness (QED) is 0.765. The van der Waals surface area contributed by atoms with E-state index in [4.69, 9.17) is 4.84 Å². The van der Waals surface area contributed by atoms with Crippen molar-refractivity contribution >= 4 is 10.0 Å². The van der Waals surface area contributed by atoms with E-state index >= 15 is 0 Å². The Morgan fingerprint density at radius 2 is 1.50 bits per heavy atom. The third-order valence-corrected chi connectivity index (χ3v) is 8.46. The fourth-order valence-electron chi connectivity index (χ4n) is 4.67. The summed E-state index contributed by atoms with van der Waals surface area (Å²) in [6.45, 7) is 4.16. The maximum absolute atomic E-state index is 13.2. The van der Waals surface area contributed by atoms with Gasteiger partial charge in [-0.2, -0.15) is 4.31 Å². The summed E-state index contributed by atoms with van der Waals surface area (Å²) < 4.78 is 27.9. The van der Waals surface area contributed by atoms with Gasteiger partial charge in [0.25, 0.3) is 0 Å². The van der Waals surface area contributed by atoms with Gasteiger partial charge in [0, 0.05) is 13.1 Å². The van der Waals surface area contributed by atoms with Crippen molar-refractivity contribution in [1.82, 2.24) is 9.79 Å². The Bertz CT molecular complexity index is 974. The SMILES string of the molecule is CC1=C(S(=O)(=O)N2CCC(C(O)(c3ccccc3)c3ccccc3)CC2)C(C)NO1. The molecule has 2 heterocycles. The Balaban J connectivity index is 1.61. The predicted octanol–water partition coefficient (Wildman–Crippen LogP) is 3.12. The molecule has 0 aromatic heterocycles. The van der Waals surface area contributed by atoms with Crippen LogP contribution in [0.15, 0.2) is 71.3 Å². The van der Waals surface area contributed by atoms with Crippen LogP contribution in [0.1, 0.15) is 37.8 Å². The Kier molecular flexibility index (Phi) is 5.72. The number of hydroxylamine groups is 1. The van der Waals surface area contributed by atoms with Gasteiger partial charge in [-0.25, -0.2) is 8.42 Å². The van der Waals surface area contributed by atoms with Crippen molar-refractivity contribution in [3.63, 3.8) is 0 Å². The van der Waals surface area contributed by atoms with Crippen molar-refractivity contribution in [1.29, 1.82) is 0 Å². The molecule has 0 bridgehead atoms. The highest BCUT2D eigenvalue weighted by Gasteiger charge is 2.44. The Morgan fingerprint density at radius 3 is 1.93 bits per heavy atom. The van der Waals surface area contributed by atoms with Gasteiger partial charge in [-0.1, -0.05) is 60.7 Å². The molecule has 7 heteroatoms. The first-order valence-corrected chi connectivity index (χ1v) is 11.8. The van der Waals surface area contributed by atoms with Gasteiger partial charge >= 0.3 is 0 Å². The minimum atomic E-state index is -3.61. The summed E-state index contributed by atoms with van der Waals surface area (Å²) in [5.74, 6) is 0.300. The minimum absolute atomic E-state index is 0.0980. The zero-order valence-corrected chi connectivity index (χ0v) is 18.1. The summed E-state index contributed by atoms with van der Waals surface area (Å²) in [6.07, 6.45) is 1.13. The maximum Gasteiger partial charge on any atom is 0.244 e. The minimum Gasteiger partial charge on any atom is -0.412 e. The van der Waals surface area contributed by atoms with Crippen molar-refractivity contribution in [2.75, 3.05) is 13.1 Å². The van der Waals surface area contributed by atoms with E-state index in [0.717, 1.165) is 11.1 Å². The number of hydrogen-bond acceptors (Lipinski definition) is 5. The molecule has 1 saturated heterocycles. The molecule has 2 aromatic carbocycles. The molecule has 1 atom stereocenters. The lowest BCUT2D eigenvalue weighted by molar-refractivity contribution is -0.00524. The maximum atomic E-state index is 13.2. The van der Waals surface area contributed by atoms with Crippen LogP contribution >= 0.6 is 0 Å². The van der Waals surface area contributed by atoms with Crippen LogP contribution in [0.25, 0.3) is 0 Å². The highest BCUT2D eigenvalue weighted by atomic mass is 32.2. The van der Waals surface area contributed by atoms with Crippen molar-refractivity contribution in [2.24, 2.45) is 5.92 Å². The van der Waals surface area contributed by atoms with Crippen molar-refractivity contribution < 1.29 is 18.4 Å². The molecule has 2 aliphatic rings. The van der Waals surface area contributed by atoms with E-state index in [1.165, 1.54) is 4.31 Å². The summed E-state index contributed by atoms with van der Waals surface area (Å²) in [5.41, 5.74) is 3.22. The molecule has 160 valence electrons. The van der Waals surface area contributed by atoms with Gasteiger partial charge in [0.2, 0.25) is 10.0 Å². The Hall–Kier alpha value is -2.19. The summed E-state index contributed by atoms with van der Waals surface area (Å²) in [5, 5.41) is 12.0. The van der Waals surface area contributed by atoms with Crippen LogP contribution in [-0.2, 0) is 20.5 Å². The van der Waals surface area contributed by atoms with Gasteiger partial charge < -0.3 is 9.94 Å². The molecule has 1 unspecified atom stereocenters. The number of benzene rings is 2. The smallest absolute Gasteiger partial charge is 0.244 e. The van der Waals surface area contributed by atoms with E-state index in [1.54, 1.807) is 13.8 Å². The topological polar surface area (TPSA) is 78.9 Å². The lowest BCUT2D eigenvalue weighted by Gasteiger charge is -2.42. The zero-order chi connectivity index (χ0) is 21.4. The van der Waals surface area contributed by atoms with E-state index in [9.17, 15) is 13.5 Å². The van der Waals surface area contributed by atoms with Gasteiger partial charge in [-0.15, -0.1) is 5.48 Å². The second kappa shape index (κ2) is 8.15. The molecule has 0 aliphatic carbocycles. The van der Waals surface area contributed by atoms with Crippen LogP contribution in [0, 0.1) is 5.92 Å². The number of aliphatic hydroxyl groups is 1. The number of allylic oxidation sites excluding steroid dienone is 1. The molecule has 0 radical (unpaired) electrons. The van der Waals surface area contributed by atoms with Crippen LogP contribution < -0.4 is 5.48 Å². The summed E-state index contributed by atoms with van der Waals surface area (Å²) in [7, 11) is -3.61. The molecule has 30 heavy (non-hydrogen) atoms. The molecular weight excluding hydrogens is 400 g/mol. The third-order valence-electron chi connectivity index (χ3n) is 6.22. The molecule has 2 N–H and O–H groups in total. The van der Waals surface area contributed by atoms with Gasteiger partial charge in [0.15, 0.2) is 0 Å². The van der Waals surface area contributed by atoms with Gasteiger partial charge in [0.05, 0.1) is 6.04 Å². The lowest BCUT2D eigenvalue weighted by atomic mass is 9.72. The van der Waals surface area contributed by atoms with Crippen LogP contribution in [-0.4, -0.2) is 37.0 Å². The van der Waals surface area contributed by atoms with Gasteiger partial charge in [0.1, 0.15) is 16.3 Å². The van der Waals surface area contributed by atoms with Crippen LogP contribution in [0.2, 0.25) is 0 Å². The third kappa shape index (κ3) is 3.56. The van der Waals surface area contributed by atoms with E-state index in [1.807, 2.05) is 60.7 Å². The summed E-state index contributed by atoms with van der Waals surface area (Å²) in [4.78, 5) is 5.52. The monoisotopic (exact) mass is 428 g/mol. The normalized spacial score (nSPS) is 21.6. The zero-order valence-electron chi connectivity index (χ0n) is 17.3. The fraction of sp³-hybridized carbons (Fsp3) is 0.391. The van der Waals surface area contributed by atoms with E-state index in [-0.39, 0.29) is 12.0 Å². The molecule has 0 spiro atoms. The van der Waals surface area contributed by atoms with Crippen LogP contribution in [0.4, 0.5) is 0 Å². The summed E-state index contributed by atoms with van der Waals surface area (Å²) >= 11 is 0. The molecule has 0 amide bonds. The van der Waals surface area contributed by atoms with Crippen molar-refractivity contribution in [2.45, 2.75) is 38.3 Å². The number of hydrogen-bond donors (Lipinski definition) is 2. The fourth-order valence-corrected chi connectivity index (χ4v) is 6.54. The van der Waals surface area contributed by atoms with E-state index < -0.39 is 15.6 Å². The number of nitrogens with one attached hydrogen (secondary N) is 1. The molecule has 0 saturated carbocycles. The molecular formula is C23H28N2O4S. The Labute approximate surface area is 178 Å². The second-order valence-electron chi connectivity index (χ2n) is 8.04. The van der Waals surface area contributed by atoms with Crippen molar-refractivity contribution in [3.8, 4) is 0 Å². The first kappa shape index (κ1) is 21.1. The lowest BCUT2D eigenvalue weighted by Crippen LogP contribution is -2.47. The molecule has 1 fully saturated rings. The average molecular weight is 429 g/mol. The van der Waals surface area contributed by atoms with Crippen LogP contribution in [0.5, 0.6) is 0 Å². The molecule has 4 rings (SSSR count). The summed E-state index contributed by atoms with van der Waals surface area (Å²) in [6, 6.07) is 18.9. The van der Waals surface area contributed by atoms with Gasteiger partial charge in [-0.3, -0.25) is 0 Å². The standard InChI is InChI=1S/C23H28N2O4S/c1-17-22(18(2)29-24-17)30(27,28)25-15-13-21(14-16-25)23(26,19-9-5-3-6-10-19)20-11-7-4-8-12-20/h3-12,17,21,24,26H,13-16H2,1-2H3. The van der Waals surface area contributed by atoms with Crippen LogP contribution in [0.3, 0.4) is 0 Å². The van der Waals surface area contributed by atoms with E-state index in [0.29, 0.717) is 36.6 Å². The first-order chi connectivity index (χ1) is 14.3. The number of nitrogens with zero attached hydrogens (tertiary/aromatic N) is 1. The number of rotatable bonds is 5. The predicted molar refractivity (Wildman–Crippen MR) is 115 cm³/mol. The number of sulfonamides is 1. The largest absolute Gasteiger partial charge is 0.412 e. The highest BCUT2D eigenvalue weighted by Crippen LogP contribution is 2.42. The number of piperidine rings is 1. The highest BCUT2D eigenvalue weighted by molar-refractivity contribution is 7.93.